The average molecular weight is 233 g/mol. The van der Waals surface area contributed by atoms with Crippen LogP contribution in [-0.2, 0) is 0 Å². The summed E-state index contributed by atoms with van der Waals surface area (Å²) in [6.07, 6.45) is 0. The molecule has 0 bridgehead atoms. The molecule has 0 aliphatic heterocycles. The molecule has 0 radical (unpaired) electrons. The van der Waals surface area contributed by atoms with Crippen molar-refractivity contribution >= 4 is 22.1 Å². The molecule has 18 heavy (non-hydrogen) atoms. The largest absolute Gasteiger partial charge is 0.355 e. The number of rotatable bonds is 2. The quantitative estimate of drug-likeness (QED) is 0.664. The van der Waals surface area contributed by atoms with E-state index in [1.165, 1.54) is 22.0 Å². The maximum absolute atomic E-state index is 3.46. The topological polar surface area (TPSA) is 12.0 Å². The molecule has 0 heterocycles. The summed E-state index contributed by atoms with van der Waals surface area (Å²) in [5.74, 6) is 0. The van der Waals surface area contributed by atoms with Crippen LogP contribution >= 0.6 is 0 Å². The Balaban J connectivity index is 2.04. The average Bonchev–Trinajstić information content (AvgIpc) is 2.41. The van der Waals surface area contributed by atoms with Crippen molar-refractivity contribution in [2.75, 3.05) is 5.32 Å². The van der Waals surface area contributed by atoms with Crippen LogP contribution in [0.15, 0.2) is 66.7 Å². The highest BCUT2D eigenvalue weighted by Crippen LogP contribution is 2.26. The maximum Gasteiger partial charge on any atom is 0.0420 e. The van der Waals surface area contributed by atoms with Gasteiger partial charge in [0, 0.05) is 11.4 Å². The number of para-hydroxylation sites is 1. The molecule has 0 amide bonds. The first-order valence-corrected chi connectivity index (χ1v) is 6.14. The second kappa shape index (κ2) is 4.53. The summed E-state index contributed by atoms with van der Waals surface area (Å²) in [4.78, 5) is 0. The van der Waals surface area contributed by atoms with Gasteiger partial charge in [-0.2, -0.15) is 0 Å². The molecule has 88 valence electrons. The molecular weight excluding hydrogens is 218 g/mol. The van der Waals surface area contributed by atoms with E-state index >= 15 is 0 Å². The van der Waals surface area contributed by atoms with E-state index in [2.05, 4.69) is 60.8 Å². The van der Waals surface area contributed by atoms with Gasteiger partial charge in [-0.25, -0.2) is 0 Å². The zero-order valence-electron chi connectivity index (χ0n) is 10.4. The Bertz CT molecular complexity index is 672. The summed E-state index contributed by atoms with van der Waals surface area (Å²) in [5.41, 5.74) is 3.55. The van der Waals surface area contributed by atoms with Gasteiger partial charge in [0.05, 0.1) is 0 Å². The van der Waals surface area contributed by atoms with Gasteiger partial charge in [0.2, 0.25) is 0 Å². The molecule has 0 saturated carbocycles. The molecule has 3 aromatic carbocycles. The Morgan fingerprint density at radius 1 is 0.722 bits per heavy atom. The molecule has 0 aliphatic rings. The molecule has 3 rings (SSSR count). The van der Waals surface area contributed by atoms with Crippen molar-refractivity contribution in [1.82, 2.24) is 0 Å². The number of aryl methyl sites for hydroxylation is 1. The van der Waals surface area contributed by atoms with E-state index in [0.717, 1.165) is 5.69 Å². The van der Waals surface area contributed by atoms with Gasteiger partial charge in [0.15, 0.2) is 0 Å². The molecule has 0 unspecified atom stereocenters. The molecule has 3 aromatic rings. The van der Waals surface area contributed by atoms with Crippen molar-refractivity contribution in [3.8, 4) is 0 Å². The smallest absolute Gasteiger partial charge is 0.0420 e. The molecule has 1 heteroatoms. The van der Waals surface area contributed by atoms with E-state index in [1.807, 2.05) is 18.2 Å². The van der Waals surface area contributed by atoms with Crippen LogP contribution in [-0.4, -0.2) is 0 Å². The van der Waals surface area contributed by atoms with Crippen LogP contribution in [0.3, 0.4) is 0 Å². The van der Waals surface area contributed by atoms with Crippen LogP contribution in [0.1, 0.15) is 5.56 Å². The second-order valence-electron chi connectivity index (χ2n) is 4.51. The van der Waals surface area contributed by atoms with E-state index in [0.29, 0.717) is 0 Å². The summed E-state index contributed by atoms with van der Waals surface area (Å²) in [6.45, 7) is 2.14. The lowest BCUT2D eigenvalue weighted by Crippen LogP contribution is -1.92. The van der Waals surface area contributed by atoms with Gasteiger partial charge in [-0.15, -0.1) is 0 Å². The lowest BCUT2D eigenvalue weighted by atomic mass is 10.1. The van der Waals surface area contributed by atoms with Crippen LogP contribution in [0.5, 0.6) is 0 Å². The Kier molecular flexibility index (Phi) is 2.73. The monoisotopic (exact) mass is 233 g/mol. The lowest BCUT2D eigenvalue weighted by molar-refractivity contribution is 1.45. The first-order chi connectivity index (χ1) is 8.83. The first kappa shape index (κ1) is 10.8. The fraction of sp³-hybridized carbons (Fsp3) is 0.0588. The minimum atomic E-state index is 1.12. The molecule has 0 aliphatic carbocycles. The van der Waals surface area contributed by atoms with Gasteiger partial charge in [0.1, 0.15) is 0 Å². The molecule has 1 N–H and O–H groups in total. The molecule has 0 fully saturated rings. The molecule has 0 spiro atoms. The van der Waals surface area contributed by atoms with Crippen LogP contribution in [0, 0.1) is 6.92 Å². The highest BCUT2D eigenvalue weighted by atomic mass is 14.9. The molecule has 0 aromatic heterocycles. The van der Waals surface area contributed by atoms with Gasteiger partial charge < -0.3 is 5.32 Å². The van der Waals surface area contributed by atoms with Gasteiger partial charge in [-0.3, -0.25) is 0 Å². The second-order valence-corrected chi connectivity index (χ2v) is 4.51. The van der Waals surface area contributed by atoms with Crippen molar-refractivity contribution < 1.29 is 0 Å². The summed E-state index contributed by atoms with van der Waals surface area (Å²) >= 11 is 0. The number of benzene rings is 3. The zero-order chi connectivity index (χ0) is 12.4. The standard InChI is InChI=1S/C17H15N/c1-13-11-14-7-5-6-8-15(14)12-17(13)18-16-9-3-2-4-10-16/h2-12,18H,1H3. The minimum absolute atomic E-state index is 1.12. The molecular formula is C17H15N. The van der Waals surface area contributed by atoms with E-state index in [1.54, 1.807) is 0 Å². The summed E-state index contributed by atoms with van der Waals surface area (Å²) in [6, 6.07) is 23.1. The zero-order valence-corrected chi connectivity index (χ0v) is 10.4. The molecule has 1 nitrogen and oxygen atoms in total. The molecule has 0 atom stereocenters. The number of nitrogens with one attached hydrogen (secondary N) is 1. The van der Waals surface area contributed by atoms with Gasteiger partial charge >= 0.3 is 0 Å². The summed E-state index contributed by atoms with van der Waals surface area (Å²) in [5, 5.41) is 6.02. The van der Waals surface area contributed by atoms with Crippen molar-refractivity contribution in [2.45, 2.75) is 6.92 Å². The van der Waals surface area contributed by atoms with Crippen molar-refractivity contribution in [1.29, 1.82) is 0 Å². The van der Waals surface area contributed by atoms with Crippen molar-refractivity contribution in [3.63, 3.8) is 0 Å². The minimum Gasteiger partial charge on any atom is -0.355 e. The number of fused-ring (bicyclic) bond motifs is 1. The third-order valence-corrected chi connectivity index (χ3v) is 3.15. The predicted octanol–water partition coefficient (Wildman–Crippen LogP) is 4.89. The summed E-state index contributed by atoms with van der Waals surface area (Å²) in [7, 11) is 0. The number of hydrogen-bond donors (Lipinski definition) is 1. The Morgan fingerprint density at radius 2 is 1.33 bits per heavy atom. The third kappa shape index (κ3) is 2.07. The number of hydrogen-bond acceptors (Lipinski definition) is 1. The maximum atomic E-state index is 3.46. The Hall–Kier alpha value is -2.28. The molecule has 0 saturated heterocycles. The van der Waals surface area contributed by atoms with Crippen molar-refractivity contribution in [2.24, 2.45) is 0 Å². The van der Waals surface area contributed by atoms with Crippen molar-refractivity contribution in [3.05, 3.63) is 72.3 Å². The van der Waals surface area contributed by atoms with E-state index in [-0.39, 0.29) is 0 Å². The van der Waals surface area contributed by atoms with E-state index in [9.17, 15) is 0 Å². The van der Waals surface area contributed by atoms with Crippen LogP contribution < -0.4 is 5.32 Å². The third-order valence-electron chi connectivity index (χ3n) is 3.15. The number of anilines is 2. The fourth-order valence-corrected chi connectivity index (χ4v) is 2.17. The summed E-state index contributed by atoms with van der Waals surface area (Å²) < 4.78 is 0. The Labute approximate surface area is 107 Å². The highest BCUT2D eigenvalue weighted by molar-refractivity contribution is 5.88. The van der Waals surface area contributed by atoms with E-state index in [4.69, 9.17) is 0 Å². The van der Waals surface area contributed by atoms with Crippen LogP contribution in [0.2, 0.25) is 0 Å². The highest BCUT2D eigenvalue weighted by Gasteiger charge is 2.01. The van der Waals surface area contributed by atoms with E-state index < -0.39 is 0 Å². The van der Waals surface area contributed by atoms with Crippen LogP contribution in [0.25, 0.3) is 10.8 Å². The van der Waals surface area contributed by atoms with Gasteiger partial charge in [-0.1, -0.05) is 42.5 Å². The predicted molar refractivity (Wildman–Crippen MR) is 78.4 cm³/mol. The Morgan fingerprint density at radius 3 is 2.06 bits per heavy atom. The fourth-order valence-electron chi connectivity index (χ4n) is 2.17. The normalized spacial score (nSPS) is 10.5. The lowest BCUT2D eigenvalue weighted by Gasteiger charge is -2.11. The first-order valence-electron chi connectivity index (χ1n) is 6.14. The van der Waals surface area contributed by atoms with Gasteiger partial charge in [0.25, 0.3) is 0 Å². The van der Waals surface area contributed by atoms with Gasteiger partial charge in [-0.05, 0) is 47.5 Å². The SMILES string of the molecule is Cc1cc2ccccc2cc1Nc1ccccc1. The van der Waals surface area contributed by atoms with Crippen LogP contribution in [0.4, 0.5) is 11.4 Å².